The van der Waals surface area contributed by atoms with Crippen LogP contribution in [0.15, 0.2) is 41.7 Å². The fourth-order valence-corrected chi connectivity index (χ4v) is 4.14. The minimum absolute atomic E-state index is 0.0370. The van der Waals surface area contributed by atoms with Gasteiger partial charge in [-0.2, -0.15) is 17.5 Å². The van der Waals surface area contributed by atoms with Crippen molar-refractivity contribution in [1.29, 1.82) is 0 Å². The molecular formula is C14H12F3N3O2S. The molecule has 0 amide bonds. The zero-order valence-corrected chi connectivity index (χ0v) is 12.6. The van der Waals surface area contributed by atoms with Gasteiger partial charge >= 0.3 is 6.18 Å². The van der Waals surface area contributed by atoms with Crippen LogP contribution in [0.2, 0.25) is 0 Å². The molecule has 0 N–H and O–H groups in total. The Kier molecular flexibility index (Phi) is 3.85. The molecule has 0 saturated heterocycles. The van der Waals surface area contributed by atoms with E-state index in [2.05, 4.69) is 9.97 Å². The largest absolute Gasteiger partial charge is 0.417 e. The molecule has 122 valence electrons. The van der Waals surface area contributed by atoms with E-state index >= 15 is 0 Å². The van der Waals surface area contributed by atoms with E-state index in [4.69, 9.17) is 0 Å². The lowest BCUT2D eigenvalue weighted by Gasteiger charge is -2.28. The minimum Gasteiger partial charge on any atom is -0.244 e. The first-order chi connectivity index (χ1) is 10.8. The highest BCUT2D eigenvalue weighted by Crippen LogP contribution is 2.36. The zero-order valence-electron chi connectivity index (χ0n) is 11.8. The van der Waals surface area contributed by atoms with E-state index in [1.165, 1.54) is 24.7 Å². The van der Waals surface area contributed by atoms with Crippen LogP contribution >= 0.6 is 0 Å². The number of alkyl halides is 3. The summed E-state index contributed by atoms with van der Waals surface area (Å²) >= 11 is 0. The predicted octanol–water partition coefficient (Wildman–Crippen LogP) is 2.24. The molecule has 3 rings (SSSR count). The summed E-state index contributed by atoms with van der Waals surface area (Å²) in [5.41, 5.74) is 0.164. The van der Waals surface area contributed by atoms with Crippen molar-refractivity contribution in [1.82, 2.24) is 14.3 Å². The molecule has 1 aromatic carbocycles. The number of hydrogen-bond donors (Lipinski definition) is 0. The topological polar surface area (TPSA) is 63.2 Å². The maximum atomic E-state index is 13.1. The van der Waals surface area contributed by atoms with E-state index in [0.29, 0.717) is 12.0 Å². The maximum absolute atomic E-state index is 13.1. The Balaban J connectivity index is 2.01. The Hall–Kier alpha value is -2.00. The van der Waals surface area contributed by atoms with Gasteiger partial charge in [0, 0.05) is 37.0 Å². The number of nitrogens with zero attached hydrogens (tertiary/aromatic N) is 3. The molecule has 0 aliphatic carbocycles. The summed E-state index contributed by atoms with van der Waals surface area (Å²) in [4.78, 5) is 7.16. The fraction of sp³-hybridized carbons (Fsp3) is 0.286. The molecule has 5 nitrogen and oxygen atoms in total. The van der Waals surface area contributed by atoms with Crippen molar-refractivity contribution in [2.45, 2.75) is 24.0 Å². The molecule has 0 saturated carbocycles. The molecule has 0 bridgehead atoms. The summed E-state index contributed by atoms with van der Waals surface area (Å²) in [7, 11) is -4.26. The van der Waals surface area contributed by atoms with Crippen molar-refractivity contribution in [3.8, 4) is 0 Å². The van der Waals surface area contributed by atoms with Crippen LogP contribution in [0.1, 0.15) is 16.8 Å². The SMILES string of the molecule is O=S(=O)(c1ccccc1C(F)(F)F)N1CCc2ncncc2C1. The second kappa shape index (κ2) is 5.57. The smallest absolute Gasteiger partial charge is 0.244 e. The average molecular weight is 343 g/mol. The van der Waals surface area contributed by atoms with Crippen LogP contribution in [0.3, 0.4) is 0 Å². The number of halogens is 3. The molecule has 1 aliphatic rings. The Morgan fingerprint density at radius 1 is 1.17 bits per heavy atom. The molecule has 23 heavy (non-hydrogen) atoms. The molecule has 2 aromatic rings. The summed E-state index contributed by atoms with van der Waals surface area (Å²) in [5, 5.41) is 0. The van der Waals surface area contributed by atoms with Gasteiger partial charge in [-0.15, -0.1) is 0 Å². The highest BCUT2D eigenvalue weighted by molar-refractivity contribution is 7.89. The van der Waals surface area contributed by atoms with Gasteiger partial charge in [0.05, 0.1) is 10.5 Å². The van der Waals surface area contributed by atoms with Gasteiger partial charge in [-0.05, 0) is 12.1 Å². The molecule has 2 heterocycles. The molecule has 0 atom stereocenters. The minimum atomic E-state index is -4.74. The van der Waals surface area contributed by atoms with Gasteiger partial charge < -0.3 is 0 Å². The van der Waals surface area contributed by atoms with E-state index in [0.717, 1.165) is 22.1 Å². The second-order valence-electron chi connectivity index (χ2n) is 5.08. The van der Waals surface area contributed by atoms with E-state index in [-0.39, 0.29) is 13.1 Å². The zero-order chi connectivity index (χ0) is 16.7. The van der Waals surface area contributed by atoms with Crippen LogP contribution < -0.4 is 0 Å². The van der Waals surface area contributed by atoms with Gasteiger partial charge in [0.15, 0.2) is 0 Å². The van der Waals surface area contributed by atoms with Crippen LogP contribution in [-0.4, -0.2) is 29.2 Å². The molecule has 9 heteroatoms. The lowest BCUT2D eigenvalue weighted by Crippen LogP contribution is -2.37. The van der Waals surface area contributed by atoms with Crippen LogP contribution in [0.4, 0.5) is 13.2 Å². The first kappa shape index (κ1) is 15.9. The van der Waals surface area contributed by atoms with Gasteiger partial charge in [-0.3, -0.25) is 0 Å². The first-order valence-electron chi connectivity index (χ1n) is 6.74. The van der Waals surface area contributed by atoms with Crippen LogP contribution in [-0.2, 0) is 29.2 Å². The van der Waals surface area contributed by atoms with Gasteiger partial charge in [-0.25, -0.2) is 18.4 Å². The number of aromatic nitrogens is 2. The Morgan fingerprint density at radius 2 is 1.91 bits per heavy atom. The van der Waals surface area contributed by atoms with E-state index in [9.17, 15) is 21.6 Å². The average Bonchev–Trinajstić information content (AvgIpc) is 2.53. The number of sulfonamides is 1. The second-order valence-corrected chi connectivity index (χ2v) is 6.98. The van der Waals surface area contributed by atoms with Crippen molar-refractivity contribution >= 4 is 10.0 Å². The molecule has 1 aromatic heterocycles. The first-order valence-corrected chi connectivity index (χ1v) is 8.18. The quantitative estimate of drug-likeness (QED) is 0.839. The van der Waals surface area contributed by atoms with Gasteiger partial charge in [0.2, 0.25) is 10.0 Å². The number of rotatable bonds is 2. The summed E-state index contributed by atoms with van der Waals surface area (Å²) in [6.45, 7) is 0.0449. The summed E-state index contributed by atoms with van der Waals surface area (Å²) in [5.74, 6) is 0. The Labute approximate surface area is 130 Å². The van der Waals surface area contributed by atoms with Crippen molar-refractivity contribution in [2.24, 2.45) is 0 Å². The van der Waals surface area contributed by atoms with Crippen LogP contribution in [0, 0.1) is 0 Å². The highest BCUT2D eigenvalue weighted by Gasteiger charge is 2.39. The lowest BCUT2D eigenvalue weighted by atomic mass is 10.1. The molecule has 0 unspecified atom stereocenters. The normalized spacial score (nSPS) is 16.1. The van der Waals surface area contributed by atoms with Crippen molar-refractivity contribution in [3.63, 3.8) is 0 Å². The molecule has 0 spiro atoms. The van der Waals surface area contributed by atoms with Gasteiger partial charge in [0.25, 0.3) is 0 Å². The molecule has 0 radical (unpaired) electrons. The van der Waals surface area contributed by atoms with Crippen molar-refractivity contribution in [2.75, 3.05) is 6.54 Å². The number of fused-ring (bicyclic) bond motifs is 1. The summed E-state index contributed by atoms with van der Waals surface area (Å²) in [6.07, 6.45) is -1.55. The summed E-state index contributed by atoms with van der Waals surface area (Å²) in [6, 6.07) is 4.20. The molecule has 0 fully saturated rings. The monoisotopic (exact) mass is 343 g/mol. The standard InChI is InChI=1S/C14H12F3N3O2S/c15-14(16,17)11-3-1-2-4-13(11)23(21,22)20-6-5-12-10(8-20)7-18-9-19-12/h1-4,7,9H,5-6,8H2. The maximum Gasteiger partial charge on any atom is 0.417 e. The number of hydrogen-bond acceptors (Lipinski definition) is 4. The van der Waals surface area contributed by atoms with E-state index in [1.807, 2.05) is 0 Å². The lowest BCUT2D eigenvalue weighted by molar-refractivity contribution is -0.139. The Bertz CT molecular complexity index is 837. The third-order valence-electron chi connectivity index (χ3n) is 3.64. The van der Waals surface area contributed by atoms with Crippen molar-refractivity contribution in [3.05, 3.63) is 53.6 Å². The summed E-state index contributed by atoms with van der Waals surface area (Å²) < 4.78 is 65.6. The third-order valence-corrected chi connectivity index (χ3v) is 5.54. The number of benzene rings is 1. The molecule has 1 aliphatic heterocycles. The third kappa shape index (κ3) is 2.93. The highest BCUT2D eigenvalue weighted by atomic mass is 32.2. The van der Waals surface area contributed by atoms with E-state index < -0.39 is 26.7 Å². The van der Waals surface area contributed by atoms with Crippen LogP contribution in [0.25, 0.3) is 0 Å². The van der Waals surface area contributed by atoms with Crippen molar-refractivity contribution < 1.29 is 21.6 Å². The van der Waals surface area contributed by atoms with Crippen LogP contribution in [0.5, 0.6) is 0 Å². The van der Waals surface area contributed by atoms with Gasteiger partial charge in [-0.1, -0.05) is 12.1 Å². The Morgan fingerprint density at radius 3 is 2.65 bits per heavy atom. The predicted molar refractivity (Wildman–Crippen MR) is 74.8 cm³/mol. The fourth-order valence-electron chi connectivity index (χ4n) is 2.51. The molecular weight excluding hydrogens is 331 g/mol. The van der Waals surface area contributed by atoms with E-state index in [1.54, 1.807) is 0 Å². The van der Waals surface area contributed by atoms with Gasteiger partial charge in [0.1, 0.15) is 6.33 Å².